The van der Waals surface area contributed by atoms with Crippen LogP contribution in [0, 0.1) is 0 Å². The summed E-state index contributed by atoms with van der Waals surface area (Å²) in [4.78, 5) is 26.5. The molecule has 0 unspecified atom stereocenters. The topological polar surface area (TPSA) is 58.6 Å². The number of carbonyl (C=O) groups is 2. The highest BCUT2D eigenvalue weighted by molar-refractivity contribution is 6.36. The van der Waals surface area contributed by atoms with Gasteiger partial charge in [-0.15, -0.1) is 19.8 Å². The fourth-order valence-corrected chi connectivity index (χ4v) is 2.77. The van der Waals surface area contributed by atoms with E-state index in [4.69, 9.17) is 0 Å². The van der Waals surface area contributed by atoms with Crippen LogP contribution in [0.5, 0.6) is 5.75 Å². The number of anilines is 1. The third-order valence-electron chi connectivity index (χ3n) is 3.88. The van der Waals surface area contributed by atoms with Crippen molar-refractivity contribution in [3.05, 3.63) is 78.5 Å². The Morgan fingerprint density at radius 1 is 1.04 bits per heavy atom. The number of benzene rings is 2. The summed E-state index contributed by atoms with van der Waals surface area (Å²) in [6.45, 7) is 3.55. The van der Waals surface area contributed by atoms with Crippen LogP contribution in [0.2, 0.25) is 0 Å². The van der Waals surface area contributed by atoms with Crippen molar-refractivity contribution in [3.8, 4) is 5.75 Å². The molecule has 28 heavy (non-hydrogen) atoms. The largest absolute Gasteiger partial charge is 0.573 e. The molecule has 1 aliphatic heterocycles. The normalized spacial score (nSPS) is 14.5. The van der Waals surface area contributed by atoms with Crippen molar-refractivity contribution >= 4 is 23.1 Å². The molecule has 0 saturated heterocycles. The van der Waals surface area contributed by atoms with Gasteiger partial charge in [0.15, 0.2) is 0 Å². The van der Waals surface area contributed by atoms with E-state index in [0.717, 1.165) is 17.0 Å². The third-order valence-corrected chi connectivity index (χ3v) is 3.88. The first-order chi connectivity index (χ1) is 13.3. The van der Waals surface area contributed by atoms with Crippen molar-refractivity contribution in [1.29, 1.82) is 0 Å². The molecule has 144 valence electrons. The van der Waals surface area contributed by atoms with Crippen LogP contribution in [0.15, 0.2) is 72.9 Å². The number of rotatable bonds is 6. The predicted molar refractivity (Wildman–Crippen MR) is 97.0 cm³/mol. The molecule has 0 aliphatic carbocycles. The number of nitrogens with zero attached hydrogens (tertiary/aromatic N) is 1. The van der Waals surface area contributed by atoms with Gasteiger partial charge < -0.3 is 10.1 Å². The molecule has 2 aromatic rings. The maximum Gasteiger partial charge on any atom is 0.573 e. The van der Waals surface area contributed by atoms with Crippen molar-refractivity contribution < 1.29 is 27.5 Å². The summed E-state index contributed by atoms with van der Waals surface area (Å²) in [5.74, 6) is -1.55. The van der Waals surface area contributed by atoms with E-state index in [1.54, 1.807) is 30.3 Å². The highest BCUT2D eigenvalue weighted by Crippen LogP contribution is 2.32. The zero-order chi connectivity index (χ0) is 20.3. The Hall–Kier alpha value is -3.55. The van der Waals surface area contributed by atoms with E-state index in [1.165, 1.54) is 18.2 Å². The van der Waals surface area contributed by atoms with Gasteiger partial charge in [0.1, 0.15) is 11.4 Å². The van der Waals surface area contributed by atoms with E-state index in [9.17, 15) is 22.8 Å². The summed E-state index contributed by atoms with van der Waals surface area (Å²) in [7, 11) is 0. The first-order valence-electron chi connectivity index (χ1n) is 8.20. The standard InChI is InChI=1S/C20H15F3N2O3/c1-2-11-25-18(26)16(13-7-4-3-5-8-13)17(19(25)27)24-14-9-6-10-15(12-14)28-20(21,22)23/h2-10,12,24H,1,11H2. The molecule has 2 aromatic carbocycles. The van der Waals surface area contributed by atoms with Gasteiger partial charge in [0, 0.05) is 18.3 Å². The highest BCUT2D eigenvalue weighted by Gasteiger charge is 2.38. The van der Waals surface area contributed by atoms with Gasteiger partial charge in [-0.25, -0.2) is 0 Å². The molecule has 1 heterocycles. The zero-order valence-corrected chi connectivity index (χ0v) is 14.5. The maximum absolute atomic E-state index is 12.7. The Morgan fingerprint density at radius 3 is 2.39 bits per heavy atom. The molecular weight excluding hydrogens is 373 g/mol. The predicted octanol–water partition coefficient (Wildman–Crippen LogP) is 3.96. The van der Waals surface area contributed by atoms with E-state index in [-0.39, 0.29) is 23.5 Å². The first-order valence-corrected chi connectivity index (χ1v) is 8.20. The highest BCUT2D eigenvalue weighted by atomic mass is 19.4. The lowest BCUT2D eigenvalue weighted by Gasteiger charge is -2.13. The average Bonchev–Trinajstić information content (AvgIpc) is 2.86. The Balaban J connectivity index is 2.00. The number of nitrogens with one attached hydrogen (secondary N) is 1. The van der Waals surface area contributed by atoms with E-state index in [0.29, 0.717) is 5.56 Å². The molecule has 8 heteroatoms. The second-order valence-corrected chi connectivity index (χ2v) is 5.83. The summed E-state index contributed by atoms with van der Waals surface area (Å²) in [6.07, 6.45) is -3.42. The Kier molecular flexibility index (Phi) is 5.21. The van der Waals surface area contributed by atoms with Gasteiger partial charge in [0.2, 0.25) is 0 Å². The lowest BCUT2D eigenvalue weighted by atomic mass is 10.0. The Morgan fingerprint density at radius 2 is 1.75 bits per heavy atom. The van der Waals surface area contributed by atoms with Crippen LogP contribution in [-0.4, -0.2) is 29.6 Å². The van der Waals surface area contributed by atoms with Crippen molar-refractivity contribution in [1.82, 2.24) is 4.90 Å². The Labute approximate surface area is 158 Å². The lowest BCUT2D eigenvalue weighted by Crippen LogP contribution is -2.32. The van der Waals surface area contributed by atoms with Gasteiger partial charge in [0.25, 0.3) is 11.8 Å². The van der Waals surface area contributed by atoms with Crippen molar-refractivity contribution in [2.75, 3.05) is 11.9 Å². The summed E-state index contributed by atoms with van der Waals surface area (Å²) in [5.41, 5.74) is 0.793. The summed E-state index contributed by atoms with van der Waals surface area (Å²) in [5, 5.41) is 2.77. The van der Waals surface area contributed by atoms with Crippen molar-refractivity contribution in [3.63, 3.8) is 0 Å². The summed E-state index contributed by atoms with van der Waals surface area (Å²) < 4.78 is 41.2. The van der Waals surface area contributed by atoms with Gasteiger partial charge in [0.05, 0.1) is 5.57 Å². The molecule has 5 nitrogen and oxygen atoms in total. The summed E-state index contributed by atoms with van der Waals surface area (Å²) in [6, 6.07) is 13.6. The number of carbonyl (C=O) groups excluding carboxylic acids is 2. The van der Waals surface area contributed by atoms with Crippen LogP contribution in [0.3, 0.4) is 0 Å². The van der Waals surface area contributed by atoms with Crippen LogP contribution in [0.4, 0.5) is 18.9 Å². The maximum atomic E-state index is 12.7. The molecule has 1 N–H and O–H groups in total. The first kappa shape index (κ1) is 19.2. The number of halogens is 3. The van der Waals surface area contributed by atoms with Crippen LogP contribution in [0.1, 0.15) is 5.56 Å². The van der Waals surface area contributed by atoms with Gasteiger partial charge in [-0.1, -0.05) is 42.5 Å². The molecule has 2 amide bonds. The molecule has 0 bridgehead atoms. The molecule has 0 aromatic heterocycles. The molecular formula is C20H15F3N2O3. The minimum atomic E-state index is -4.84. The number of alkyl halides is 3. The summed E-state index contributed by atoms with van der Waals surface area (Å²) >= 11 is 0. The molecule has 3 rings (SSSR count). The van der Waals surface area contributed by atoms with E-state index >= 15 is 0 Å². The monoisotopic (exact) mass is 388 g/mol. The van der Waals surface area contributed by atoms with Crippen LogP contribution in [-0.2, 0) is 9.59 Å². The molecule has 0 atom stereocenters. The fraction of sp³-hybridized carbons (Fsp3) is 0.100. The third kappa shape index (κ3) is 4.06. The number of hydrogen-bond acceptors (Lipinski definition) is 4. The lowest BCUT2D eigenvalue weighted by molar-refractivity contribution is -0.274. The van der Waals surface area contributed by atoms with E-state index in [1.807, 2.05) is 0 Å². The average molecular weight is 388 g/mol. The Bertz CT molecular complexity index is 953. The molecule has 1 aliphatic rings. The number of imide groups is 1. The second-order valence-electron chi connectivity index (χ2n) is 5.83. The van der Waals surface area contributed by atoms with Gasteiger partial charge in [-0.2, -0.15) is 0 Å². The SMILES string of the molecule is C=CCN1C(=O)C(Nc2cccc(OC(F)(F)F)c2)=C(c2ccccc2)C1=O. The number of amides is 2. The fourth-order valence-electron chi connectivity index (χ4n) is 2.77. The van der Waals surface area contributed by atoms with Crippen molar-refractivity contribution in [2.24, 2.45) is 0 Å². The molecule has 0 fully saturated rings. The minimum absolute atomic E-state index is 0.0103. The second kappa shape index (κ2) is 7.59. The minimum Gasteiger partial charge on any atom is -0.406 e. The molecule has 0 spiro atoms. The zero-order valence-electron chi connectivity index (χ0n) is 14.5. The smallest absolute Gasteiger partial charge is 0.406 e. The molecule has 0 saturated carbocycles. The van der Waals surface area contributed by atoms with E-state index in [2.05, 4.69) is 16.6 Å². The van der Waals surface area contributed by atoms with Gasteiger partial charge in [-0.05, 0) is 17.7 Å². The number of ether oxygens (including phenoxy) is 1. The van der Waals surface area contributed by atoms with E-state index < -0.39 is 23.9 Å². The van der Waals surface area contributed by atoms with Crippen molar-refractivity contribution in [2.45, 2.75) is 6.36 Å². The van der Waals surface area contributed by atoms with Crippen LogP contribution < -0.4 is 10.1 Å². The van der Waals surface area contributed by atoms with Gasteiger partial charge >= 0.3 is 6.36 Å². The number of hydrogen-bond donors (Lipinski definition) is 1. The van der Waals surface area contributed by atoms with Crippen LogP contribution in [0.25, 0.3) is 5.57 Å². The van der Waals surface area contributed by atoms with Gasteiger partial charge in [-0.3, -0.25) is 14.5 Å². The quantitative estimate of drug-likeness (QED) is 0.601. The van der Waals surface area contributed by atoms with Crippen LogP contribution >= 0.6 is 0 Å². The molecule has 0 radical (unpaired) electrons.